The van der Waals surface area contributed by atoms with Gasteiger partial charge >= 0.3 is 0 Å². The van der Waals surface area contributed by atoms with Crippen LogP contribution in [0, 0.1) is 5.82 Å². The third-order valence-electron chi connectivity index (χ3n) is 3.14. The van der Waals surface area contributed by atoms with Gasteiger partial charge in [-0.15, -0.1) is 11.3 Å². The average Bonchev–Trinajstić information content (AvgIpc) is 3.16. The number of nitrogens with one attached hydrogen (secondary N) is 1. The highest BCUT2D eigenvalue weighted by atomic mass is 32.2. The monoisotopic (exact) mass is 351 g/mol. The molecule has 0 atom stereocenters. The number of hydrogen-bond acceptors (Lipinski definition) is 4. The van der Waals surface area contributed by atoms with Crippen LogP contribution in [-0.4, -0.2) is 8.42 Å². The van der Waals surface area contributed by atoms with Gasteiger partial charge in [0, 0.05) is 0 Å². The molecule has 2 aromatic heterocycles. The SMILES string of the molecule is O=S(=O)(Cc1cccc(F)c1)NCc1ccc(-c2cccs2)o1. The number of thiophene rings is 1. The lowest BCUT2D eigenvalue weighted by atomic mass is 10.2. The van der Waals surface area contributed by atoms with Gasteiger partial charge in [-0.1, -0.05) is 18.2 Å². The van der Waals surface area contributed by atoms with Crippen molar-refractivity contribution in [2.45, 2.75) is 12.3 Å². The third kappa shape index (κ3) is 4.28. The van der Waals surface area contributed by atoms with Crippen molar-refractivity contribution in [3.8, 4) is 10.6 Å². The lowest BCUT2D eigenvalue weighted by Crippen LogP contribution is -2.24. The van der Waals surface area contributed by atoms with Crippen LogP contribution in [0.4, 0.5) is 4.39 Å². The van der Waals surface area contributed by atoms with E-state index in [4.69, 9.17) is 4.42 Å². The molecule has 2 heterocycles. The van der Waals surface area contributed by atoms with E-state index in [2.05, 4.69) is 4.72 Å². The molecule has 0 aliphatic carbocycles. The molecule has 1 aromatic carbocycles. The van der Waals surface area contributed by atoms with Gasteiger partial charge < -0.3 is 4.42 Å². The van der Waals surface area contributed by atoms with E-state index in [1.54, 1.807) is 23.5 Å². The molecule has 0 aliphatic rings. The van der Waals surface area contributed by atoms with E-state index < -0.39 is 15.8 Å². The van der Waals surface area contributed by atoms with E-state index >= 15 is 0 Å². The molecule has 0 radical (unpaired) electrons. The van der Waals surface area contributed by atoms with E-state index in [9.17, 15) is 12.8 Å². The third-order valence-corrected chi connectivity index (χ3v) is 5.32. The topological polar surface area (TPSA) is 59.3 Å². The first-order chi connectivity index (χ1) is 11.0. The molecule has 0 spiro atoms. The molecule has 0 unspecified atom stereocenters. The van der Waals surface area contributed by atoms with Gasteiger partial charge in [0.25, 0.3) is 0 Å². The molecule has 0 saturated carbocycles. The van der Waals surface area contributed by atoms with Crippen molar-refractivity contribution in [1.82, 2.24) is 4.72 Å². The van der Waals surface area contributed by atoms with E-state index in [0.29, 0.717) is 17.1 Å². The fourth-order valence-electron chi connectivity index (χ4n) is 2.10. The zero-order chi connectivity index (χ0) is 16.3. The molecule has 3 aromatic rings. The molecule has 23 heavy (non-hydrogen) atoms. The zero-order valence-corrected chi connectivity index (χ0v) is 13.7. The van der Waals surface area contributed by atoms with Crippen molar-refractivity contribution < 1.29 is 17.2 Å². The van der Waals surface area contributed by atoms with Crippen LogP contribution in [0.15, 0.2) is 58.3 Å². The van der Waals surface area contributed by atoms with Crippen LogP contribution in [0.1, 0.15) is 11.3 Å². The number of hydrogen-bond donors (Lipinski definition) is 1. The summed E-state index contributed by atoms with van der Waals surface area (Å²) in [5.41, 5.74) is 0.399. The number of halogens is 1. The predicted molar refractivity (Wildman–Crippen MR) is 87.9 cm³/mol. The lowest BCUT2D eigenvalue weighted by Gasteiger charge is -2.05. The Labute approximate surface area is 137 Å². The first-order valence-corrected chi connectivity index (χ1v) is 9.39. The minimum atomic E-state index is -3.57. The van der Waals surface area contributed by atoms with Crippen molar-refractivity contribution >= 4 is 21.4 Å². The van der Waals surface area contributed by atoms with Gasteiger partial charge in [-0.05, 0) is 41.3 Å². The molecule has 3 rings (SSSR count). The van der Waals surface area contributed by atoms with Crippen LogP contribution in [0.3, 0.4) is 0 Å². The lowest BCUT2D eigenvalue weighted by molar-refractivity contribution is 0.510. The Kier molecular flexibility index (Phi) is 4.61. The number of furan rings is 1. The normalized spacial score (nSPS) is 11.7. The summed E-state index contributed by atoms with van der Waals surface area (Å²) in [4.78, 5) is 0.985. The highest BCUT2D eigenvalue weighted by molar-refractivity contribution is 7.88. The molecule has 4 nitrogen and oxygen atoms in total. The predicted octanol–water partition coefficient (Wildman–Crippen LogP) is 3.77. The van der Waals surface area contributed by atoms with E-state index in [1.165, 1.54) is 18.2 Å². The summed E-state index contributed by atoms with van der Waals surface area (Å²) < 4.78 is 45.3. The second-order valence-electron chi connectivity index (χ2n) is 4.95. The Balaban J connectivity index is 1.63. The van der Waals surface area contributed by atoms with E-state index in [-0.39, 0.29) is 12.3 Å². The van der Waals surface area contributed by atoms with Crippen LogP contribution >= 0.6 is 11.3 Å². The summed E-state index contributed by atoms with van der Waals surface area (Å²) in [6.07, 6.45) is 0. The van der Waals surface area contributed by atoms with Crippen molar-refractivity contribution in [2.24, 2.45) is 0 Å². The number of benzene rings is 1. The number of sulfonamides is 1. The summed E-state index contributed by atoms with van der Waals surface area (Å²) in [5, 5.41) is 1.94. The fraction of sp³-hybridized carbons (Fsp3) is 0.125. The van der Waals surface area contributed by atoms with Gasteiger partial charge in [0.15, 0.2) is 0 Å². The number of rotatable bonds is 6. The standard InChI is InChI=1S/C16H14FNO3S2/c17-13-4-1-3-12(9-13)11-23(19,20)18-10-14-6-7-15(21-14)16-5-2-8-22-16/h1-9,18H,10-11H2. The maximum Gasteiger partial charge on any atom is 0.216 e. The van der Waals surface area contributed by atoms with Crippen LogP contribution < -0.4 is 4.72 Å². The quantitative estimate of drug-likeness (QED) is 0.735. The van der Waals surface area contributed by atoms with Gasteiger partial charge in [0.05, 0.1) is 17.2 Å². The second-order valence-corrected chi connectivity index (χ2v) is 7.71. The van der Waals surface area contributed by atoms with E-state index in [0.717, 1.165) is 4.88 Å². The Morgan fingerprint density at radius 2 is 2.00 bits per heavy atom. The minimum absolute atomic E-state index is 0.0586. The van der Waals surface area contributed by atoms with Crippen molar-refractivity contribution in [1.29, 1.82) is 0 Å². The second kappa shape index (κ2) is 6.66. The molecule has 0 amide bonds. The first kappa shape index (κ1) is 15.9. The van der Waals surface area contributed by atoms with Crippen LogP contribution in [-0.2, 0) is 22.3 Å². The van der Waals surface area contributed by atoms with Crippen molar-refractivity contribution in [2.75, 3.05) is 0 Å². The Bertz CT molecular complexity index is 886. The van der Waals surface area contributed by atoms with Crippen LogP contribution in [0.25, 0.3) is 10.6 Å². The summed E-state index contributed by atoms with van der Waals surface area (Å²) in [5.74, 6) is 0.503. The Morgan fingerprint density at radius 1 is 1.13 bits per heavy atom. The highest BCUT2D eigenvalue weighted by Gasteiger charge is 2.13. The highest BCUT2D eigenvalue weighted by Crippen LogP contribution is 2.26. The summed E-state index contributed by atoms with van der Waals surface area (Å²) >= 11 is 1.55. The average molecular weight is 351 g/mol. The molecule has 0 saturated heterocycles. The molecule has 7 heteroatoms. The molecular formula is C16H14FNO3S2. The molecule has 0 bridgehead atoms. The molecular weight excluding hydrogens is 337 g/mol. The molecule has 0 fully saturated rings. The van der Waals surface area contributed by atoms with Gasteiger partial charge in [-0.2, -0.15) is 0 Å². The minimum Gasteiger partial charge on any atom is -0.459 e. The van der Waals surface area contributed by atoms with Gasteiger partial charge in [-0.25, -0.2) is 17.5 Å². The van der Waals surface area contributed by atoms with Crippen molar-refractivity contribution in [3.05, 3.63) is 71.1 Å². The molecule has 1 N–H and O–H groups in total. The van der Waals surface area contributed by atoms with E-state index in [1.807, 2.05) is 23.6 Å². The molecule has 120 valence electrons. The maximum atomic E-state index is 13.1. The van der Waals surface area contributed by atoms with Gasteiger partial charge in [0.2, 0.25) is 10.0 Å². The zero-order valence-electron chi connectivity index (χ0n) is 12.0. The Morgan fingerprint density at radius 3 is 2.74 bits per heavy atom. The van der Waals surface area contributed by atoms with Crippen molar-refractivity contribution in [3.63, 3.8) is 0 Å². The summed E-state index contributed by atoms with van der Waals surface area (Å²) in [7, 11) is -3.57. The van der Waals surface area contributed by atoms with Crippen LogP contribution in [0.5, 0.6) is 0 Å². The first-order valence-electron chi connectivity index (χ1n) is 6.86. The maximum absolute atomic E-state index is 13.1. The van der Waals surface area contributed by atoms with Gasteiger partial charge in [-0.3, -0.25) is 0 Å². The Hall–Kier alpha value is -1.96. The summed E-state index contributed by atoms with van der Waals surface area (Å²) in [6.45, 7) is 0.0586. The van der Waals surface area contributed by atoms with Crippen LogP contribution in [0.2, 0.25) is 0 Å². The smallest absolute Gasteiger partial charge is 0.216 e. The largest absolute Gasteiger partial charge is 0.459 e. The fourth-order valence-corrected chi connectivity index (χ4v) is 3.87. The molecule has 0 aliphatic heterocycles. The summed E-state index contributed by atoms with van der Waals surface area (Å²) in [6, 6.07) is 12.9. The van der Waals surface area contributed by atoms with Gasteiger partial charge in [0.1, 0.15) is 17.3 Å².